The Morgan fingerprint density at radius 1 is 1.00 bits per heavy atom. The standard InChI is InChI=1S/C26H33ClN2O2/c1-20-13-15-22(16-14-20)25(26(31)28-23-11-7-2-3-8-12-23)29(24(30)19-27)18-17-21-9-5-4-6-10-21/h4-6,9-10,13-16,23,25H,2-3,7-8,11-12,17-19H2,1H3,(H,28,31)/t25-/m0/s1. The summed E-state index contributed by atoms with van der Waals surface area (Å²) >= 11 is 5.98. The van der Waals surface area contributed by atoms with E-state index >= 15 is 0 Å². The summed E-state index contributed by atoms with van der Waals surface area (Å²) in [5.74, 6) is -0.477. The molecule has 1 aliphatic rings. The Hall–Kier alpha value is -2.33. The number of nitrogens with one attached hydrogen (secondary N) is 1. The molecule has 4 nitrogen and oxygen atoms in total. The first-order valence-electron chi connectivity index (χ1n) is 11.3. The fourth-order valence-corrected chi connectivity index (χ4v) is 4.45. The maximum atomic E-state index is 13.5. The normalized spacial score (nSPS) is 15.7. The highest BCUT2D eigenvalue weighted by Gasteiger charge is 2.32. The Bertz CT molecular complexity index is 830. The SMILES string of the molecule is Cc1ccc([C@@H](C(=O)NC2CCCCCC2)N(CCc2ccccc2)C(=O)CCl)cc1. The number of carbonyl (C=O) groups excluding carboxylic acids is 2. The highest BCUT2D eigenvalue weighted by Crippen LogP contribution is 2.25. The number of hydrogen-bond acceptors (Lipinski definition) is 2. The second-order valence-electron chi connectivity index (χ2n) is 8.47. The third kappa shape index (κ3) is 6.83. The molecule has 3 rings (SSSR count). The average molecular weight is 441 g/mol. The van der Waals surface area contributed by atoms with Crippen molar-refractivity contribution in [2.75, 3.05) is 12.4 Å². The Kier molecular flexibility index (Phi) is 8.96. The average Bonchev–Trinajstić information content (AvgIpc) is 3.06. The minimum atomic E-state index is -0.682. The molecular weight excluding hydrogens is 408 g/mol. The first kappa shape index (κ1) is 23.3. The highest BCUT2D eigenvalue weighted by atomic mass is 35.5. The van der Waals surface area contributed by atoms with Gasteiger partial charge in [-0.2, -0.15) is 0 Å². The van der Waals surface area contributed by atoms with Gasteiger partial charge in [-0.15, -0.1) is 11.6 Å². The molecule has 0 aromatic heterocycles. The number of aryl methyl sites for hydroxylation is 1. The van der Waals surface area contributed by atoms with Gasteiger partial charge >= 0.3 is 0 Å². The Morgan fingerprint density at radius 3 is 2.26 bits per heavy atom. The van der Waals surface area contributed by atoms with Crippen LogP contribution in [0.25, 0.3) is 0 Å². The van der Waals surface area contributed by atoms with Gasteiger partial charge in [0, 0.05) is 12.6 Å². The van der Waals surface area contributed by atoms with Crippen LogP contribution in [-0.4, -0.2) is 35.2 Å². The monoisotopic (exact) mass is 440 g/mol. The van der Waals surface area contributed by atoms with Crippen LogP contribution in [0, 0.1) is 6.92 Å². The lowest BCUT2D eigenvalue weighted by atomic mass is 10.0. The minimum absolute atomic E-state index is 0.109. The van der Waals surface area contributed by atoms with E-state index in [-0.39, 0.29) is 23.7 Å². The number of benzene rings is 2. The third-order valence-corrected chi connectivity index (χ3v) is 6.30. The molecule has 2 aromatic carbocycles. The van der Waals surface area contributed by atoms with E-state index in [4.69, 9.17) is 11.6 Å². The van der Waals surface area contributed by atoms with Crippen molar-refractivity contribution in [3.63, 3.8) is 0 Å². The van der Waals surface area contributed by atoms with Gasteiger partial charge in [0.25, 0.3) is 0 Å². The predicted molar refractivity (Wildman–Crippen MR) is 126 cm³/mol. The van der Waals surface area contributed by atoms with E-state index in [9.17, 15) is 9.59 Å². The fourth-order valence-electron chi connectivity index (χ4n) is 4.29. The third-order valence-electron chi connectivity index (χ3n) is 6.07. The van der Waals surface area contributed by atoms with Crippen LogP contribution in [0.3, 0.4) is 0 Å². The molecule has 0 radical (unpaired) electrons. The van der Waals surface area contributed by atoms with E-state index < -0.39 is 6.04 Å². The van der Waals surface area contributed by atoms with Crippen LogP contribution in [0.5, 0.6) is 0 Å². The molecule has 0 spiro atoms. The number of carbonyl (C=O) groups is 2. The van der Waals surface area contributed by atoms with Crippen LogP contribution in [0.2, 0.25) is 0 Å². The van der Waals surface area contributed by atoms with Crippen LogP contribution in [-0.2, 0) is 16.0 Å². The summed E-state index contributed by atoms with van der Waals surface area (Å²) in [6.45, 7) is 2.45. The van der Waals surface area contributed by atoms with Crippen LogP contribution in [0.1, 0.15) is 61.3 Å². The molecular formula is C26H33ClN2O2. The van der Waals surface area contributed by atoms with E-state index in [1.54, 1.807) is 4.90 Å². The lowest BCUT2D eigenvalue weighted by Crippen LogP contribution is -2.47. The van der Waals surface area contributed by atoms with Gasteiger partial charge in [-0.3, -0.25) is 9.59 Å². The highest BCUT2D eigenvalue weighted by molar-refractivity contribution is 6.27. The van der Waals surface area contributed by atoms with Crippen molar-refractivity contribution >= 4 is 23.4 Å². The number of rotatable bonds is 8. The summed E-state index contributed by atoms with van der Waals surface area (Å²) in [7, 11) is 0. The van der Waals surface area contributed by atoms with Gasteiger partial charge in [0.1, 0.15) is 11.9 Å². The Labute approximate surface area is 191 Å². The molecule has 166 valence electrons. The molecule has 1 saturated carbocycles. The maximum Gasteiger partial charge on any atom is 0.247 e. The number of alkyl halides is 1. The van der Waals surface area contributed by atoms with Gasteiger partial charge < -0.3 is 10.2 Å². The van der Waals surface area contributed by atoms with Crippen molar-refractivity contribution in [3.8, 4) is 0 Å². The lowest BCUT2D eigenvalue weighted by Gasteiger charge is -2.32. The first-order valence-corrected chi connectivity index (χ1v) is 11.9. The zero-order valence-electron chi connectivity index (χ0n) is 18.4. The summed E-state index contributed by atoms with van der Waals surface area (Å²) in [5.41, 5.74) is 3.07. The molecule has 1 fully saturated rings. The zero-order chi connectivity index (χ0) is 22.1. The fraction of sp³-hybridized carbons (Fsp3) is 0.462. The van der Waals surface area contributed by atoms with Gasteiger partial charge in [-0.25, -0.2) is 0 Å². The molecule has 1 N–H and O–H groups in total. The van der Waals surface area contributed by atoms with Crippen LogP contribution in [0.4, 0.5) is 0 Å². The molecule has 0 bridgehead atoms. The van der Waals surface area contributed by atoms with Crippen LogP contribution >= 0.6 is 11.6 Å². The topological polar surface area (TPSA) is 49.4 Å². The van der Waals surface area contributed by atoms with Gasteiger partial charge in [0.2, 0.25) is 11.8 Å². The molecule has 1 atom stereocenters. The molecule has 0 saturated heterocycles. The van der Waals surface area contributed by atoms with Gasteiger partial charge in [0.15, 0.2) is 0 Å². The van der Waals surface area contributed by atoms with Crippen molar-refractivity contribution in [2.24, 2.45) is 0 Å². The molecule has 0 heterocycles. The summed E-state index contributed by atoms with van der Waals surface area (Å²) < 4.78 is 0. The minimum Gasteiger partial charge on any atom is -0.351 e. The summed E-state index contributed by atoms with van der Waals surface area (Å²) in [6.07, 6.45) is 7.39. The molecule has 0 aliphatic heterocycles. The second-order valence-corrected chi connectivity index (χ2v) is 8.73. The van der Waals surface area contributed by atoms with Crippen LogP contribution < -0.4 is 5.32 Å². The molecule has 1 aliphatic carbocycles. The molecule has 2 aromatic rings. The van der Waals surface area contributed by atoms with E-state index in [1.165, 1.54) is 12.8 Å². The van der Waals surface area contributed by atoms with E-state index in [2.05, 4.69) is 5.32 Å². The van der Waals surface area contributed by atoms with E-state index in [0.29, 0.717) is 13.0 Å². The van der Waals surface area contributed by atoms with Crippen molar-refractivity contribution in [1.29, 1.82) is 0 Å². The lowest BCUT2D eigenvalue weighted by molar-refractivity contribution is -0.139. The molecule has 5 heteroatoms. The van der Waals surface area contributed by atoms with E-state index in [0.717, 1.165) is 42.4 Å². The zero-order valence-corrected chi connectivity index (χ0v) is 19.1. The first-order chi connectivity index (χ1) is 15.1. The summed E-state index contributed by atoms with van der Waals surface area (Å²) in [6, 6.07) is 17.4. The van der Waals surface area contributed by atoms with Gasteiger partial charge in [0.05, 0.1) is 0 Å². The molecule has 2 amide bonds. The van der Waals surface area contributed by atoms with Crippen molar-refractivity contribution in [1.82, 2.24) is 10.2 Å². The van der Waals surface area contributed by atoms with Gasteiger partial charge in [-0.05, 0) is 37.3 Å². The summed E-state index contributed by atoms with van der Waals surface area (Å²) in [4.78, 5) is 28.1. The number of amides is 2. The quantitative estimate of drug-likeness (QED) is 0.454. The van der Waals surface area contributed by atoms with E-state index in [1.807, 2.05) is 61.5 Å². The van der Waals surface area contributed by atoms with Crippen molar-refractivity contribution in [2.45, 2.75) is 64.0 Å². The van der Waals surface area contributed by atoms with Crippen molar-refractivity contribution < 1.29 is 9.59 Å². The predicted octanol–water partition coefficient (Wildman–Crippen LogP) is 5.19. The molecule has 31 heavy (non-hydrogen) atoms. The van der Waals surface area contributed by atoms with Gasteiger partial charge in [-0.1, -0.05) is 85.8 Å². The summed E-state index contributed by atoms with van der Waals surface area (Å²) in [5, 5.41) is 3.25. The maximum absolute atomic E-state index is 13.5. The van der Waals surface area contributed by atoms with Crippen molar-refractivity contribution in [3.05, 3.63) is 71.3 Å². The second kappa shape index (κ2) is 11.9. The Morgan fingerprint density at radius 2 is 1.65 bits per heavy atom. The smallest absolute Gasteiger partial charge is 0.247 e. The molecule has 0 unspecified atom stereocenters. The number of nitrogens with zero attached hydrogens (tertiary/aromatic N) is 1. The largest absolute Gasteiger partial charge is 0.351 e. The van der Waals surface area contributed by atoms with Crippen LogP contribution in [0.15, 0.2) is 54.6 Å². The number of halogens is 1. The number of hydrogen-bond donors (Lipinski definition) is 1. The Balaban J connectivity index is 1.85.